The third-order valence-electron chi connectivity index (χ3n) is 9.60. The molecule has 0 aliphatic heterocycles. The Kier molecular flexibility index (Phi) is 7.41. The van der Waals surface area contributed by atoms with Crippen LogP contribution in [0.2, 0.25) is 0 Å². The van der Waals surface area contributed by atoms with E-state index >= 15 is 0 Å². The van der Waals surface area contributed by atoms with Crippen LogP contribution < -0.4 is 10.4 Å². The lowest BCUT2D eigenvalue weighted by atomic mass is 9.50. The highest BCUT2D eigenvalue weighted by Gasteiger charge is 2.52. The van der Waals surface area contributed by atoms with E-state index in [1.54, 1.807) is 18.3 Å². The van der Waals surface area contributed by atoms with E-state index in [-0.39, 0.29) is 30.0 Å². The van der Waals surface area contributed by atoms with Gasteiger partial charge < -0.3 is 13.9 Å². The summed E-state index contributed by atoms with van der Waals surface area (Å²) in [5, 5.41) is 8.91. The molecule has 0 radical (unpaired) electrons. The summed E-state index contributed by atoms with van der Waals surface area (Å²) in [7, 11) is 0. The Morgan fingerprint density at radius 3 is 2.81 bits per heavy atom. The monoisotopic (exact) mass is 569 g/mol. The SMILES string of the molecule is CC(C)c1ccc2c(c1)CC[C@H]1[C@](C)(COC(=O)Cn3cc(COc4cc(=O)oc5ccccc45)nn3)CCC[C@]21C. The highest BCUT2D eigenvalue weighted by atomic mass is 16.5. The Balaban J connectivity index is 1.08. The van der Waals surface area contributed by atoms with E-state index in [9.17, 15) is 9.59 Å². The third kappa shape index (κ3) is 5.35. The maximum Gasteiger partial charge on any atom is 0.339 e. The molecule has 2 aromatic heterocycles. The number of carbonyl (C=O) groups is 1. The highest BCUT2D eigenvalue weighted by molar-refractivity contribution is 5.82. The fourth-order valence-corrected chi connectivity index (χ4v) is 7.43. The van der Waals surface area contributed by atoms with Crippen molar-refractivity contribution in [2.24, 2.45) is 11.3 Å². The molecule has 0 amide bonds. The topological polar surface area (TPSA) is 96.5 Å². The van der Waals surface area contributed by atoms with Crippen LogP contribution in [0.1, 0.15) is 81.7 Å². The minimum absolute atomic E-state index is 0.0241. The number of nitrogens with zero attached hydrogens (tertiary/aromatic N) is 3. The number of carbonyl (C=O) groups excluding carboxylic acids is 1. The number of para-hydroxylation sites is 1. The zero-order valence-electron chi connectivity index (χ0n) is 24.9. The maximum atomic E-state index is 12.9. The van der Waals surface area contributed by atoms with Gasteiger partial charge in [0.25, 0.3) is 0 Å². The van der Waals surface area contributed by atoms with Gasteiger partial charge in [0.15, 0.2) is 0 Å². The first kappa shape index (κ1) is 28.2. The van der Waals surface area contributed by atoms with Crippen LogP contribution in [0.25, 0.3) is 11.0 Å². The van der Waals surface area contributed by atoms with Crippen LogP contribution in [0.3, 0.4) is 0 Å². The van der Waals surface area contributed by atoms with E-state index in [4.69, 9.17) is 13.9 Å². The number of esters is 1. The standard InChI is InChI=1S/C34H39N3O5/c1-22(2)23-10-12-27-24(16-23)11-13-30-33(3,14-7-15-34(27,30)4)21-41-32(39)19-37-18-25(35-36-37)20-40-29-17-31(38)42-28-9-6-5-8-26(28)29/h5-6,8-10,12,16-18,22,30H,7,11,13-15,19-21H2,1-4H3/t30-,33-,34+/m0/s1. The number of fused-ring (bicyclic) bond motifs is 4. The van der Waals surface area contributed by atoms with E-state index in [1.165, 1.54) is 33.9 Å². The van der Waals surface area contributed by atoms with E-state index < -0.39 is 5.63 Å². The van der Waals surface area contributed by atoms with Crippen molar-refractivity contribution in [2.75, 3.05) is 6.61 Å². The summed E-state index contributed by atoms with van der Waals surface area (Å²) >= 11 is 0. The van der Waals surface area contributed by atoms with Gasteiger partial charge in [0.1, 0.15) is 30.2 Å². The molecule has 0 unspecified atom stereocenters. The van der Waals surface area contributed by atoms with Gasteiger partial charge in [-0.3, -0.25) is 4.79 Å². The first-order valence-corrected chi connectivity index (χ1v) is 15.0. The molecule has 4 aromatic rings. The average Bonchev–Trinajstić information content (AvgIpc) is 3.41. The molecule has 2 aliphatic carbocycles. The molecule has 0 saturated heterocycles. The Bertz CT molecular complexity index is 1670. The van der Waals surface area contributed by atoms with Crippen molar-refractivity contribution in [3.8, 4) is 5.75 Å². The molecule has 1 saturated carbocycles. The van der Waals surface area contributed by atoms with Gasteiger partial charge >= 0.3 is 11.6 Å². The molecular formula is C34H39N3O5. The molecule has 42 heavy (non-hydrogen) atoms. The molecule has 2 heterocycles. The minimum Gasteiger partial charge on any atom is -0.486 e. The first-order chi connectivity index (χ1) is 20.1. The van der Waals surface area contributed by atoms with E-state index in [1.807, 2.05) is 12.1 Å². The Morgan fingerprint density at radius 1 is 1.14 bits per heavy atom. The molecule has 1 fully saturated rings. The quantitative estimate of drug-likeness (QED) is 0.180. The maximum absolute atomic E-state index is 12.9. The Hall–Kier alpha value is -3.94. The Labute approximate surface area is 246 Å². The van der Waals surface area contributed by atoms with Gasteiger partial charge in [-0.2, -0.15) is 0 Å². The van der Waals surface area contributed by atoms with Crippen LogP contribution in [0.4, 0.5) is 0 Å². The lowest BCUT2D eigenvalue weighted by Crippen LogP contribution is -2.51. The zero-order valence-corrected chi connectivity index (χ0v) is 24.9. The molecule has 0 N–H and O–H groups in total. The smallest absolute Gasteiger partial charge is 0.339 e. The fraction of sp³-hybridized carbons (Fsp3) is 0.471. The van der Waals surface area contributed by atoms with Crippen LogP contribution in [0.15, 0.2) is 63.9 Å². The summed E-state index contributed by atoms with van der Waals surface area (Å²) in [6, 6.07) is 15.6. The van der Waals surface area contributed by atoms with E-state index in [0.717, 1.165) is 25.7 Å². The van der Waals surface area contributed by atoms with Crippen LogP contribution in [0, 0.1) is 11.3 Å². The van der Waals surface area contributed by atoms with E-state index in [2.05, 4.69) is 56.2 Å². The Morgan fingerprint density at radius 2 is 1.98 bits per heavy atom. The summed E-state index contributed by atoms with van der Waals surface area (Å²) in [5.74, 6) is 1.06. The highest BCUT2D eigenvalue weighted by Crippen LogP contribution is 2.57. The molecule has 0 spiro atoms. The lowest BCUT2D eigenvalue weighted by molar-refractivity contribution is -0.152. The molecule has 220 valence electrons. The fourth-order valence-electron chi connectivity index (χ4n) is 7.43. The van der Waals surface area contributed by atoms with Crippen LogP contribution in [-0.2, 0) is 34.5 Å². The average molecular weight is 570 g/mol. The lowest BCUT2D eigenvalue weighted by Gasteiger charge is -2.55. The second kappa shape index (κ2) is 11.0. The van der Waals surface area contributed by atoms with Crippen molar-refractivity contribution >= 4 is 16.9 Å². The largest absolute Gasteiger partial charge is 0.486 e. The molecule has 2 aromatic carbocycles. The summed E-state index contributed by atoms with van der Waals surface area (Å²) in [5.41, 5.74) is 4.91. The van der Waals surface area contributed by atoms with Gasteiger partial charge in [-0.05, 0) is 71.8 Å². The second-order valence-corrected chi connectivity index (χ2v) is 12.9. The summed E-state index contributed by atoms with van der Waals surface area (Å²) < 4.78 is 18.5. The summed E-state index contributed by atoms with van der Waals surface area (Å²) in [4.78, 5) is 24.8. The third-order valence-corrected chi connectivity index (χ3v) is 9.60. The number of rotatable bonds is 8. The van der Waals surface area contributed by atoms with Gasteiger partial charge in [-0.1, -0.05) is 69.7 Å². The molecule has 2 aliphatic rings. The zero-order chi connectivity index (χ0) is 29.5. The number of hydrogen-bond acceptors (Lipinski definition) is 7. The van der Waals surface area contributed by atoms with Crippen molar-refractivity contribution in [3.05, 3.63) is 87.5 Å². The molecule has 3 atom stereocenters. The van der Waals surface area contributed by atoms with Crippen molar-refractivity contribution < 1.29 is 18.7 Å². The van der Waals surface area contributed by atoms with Crippen molar-refractivity contribution in [2.45, 2.75) is 84.3 Å². The van der Waals surface area contributed by atoms with Gasteiger partial charge in [-0.25, -0.2) is 9.48 Å². The summed E-state index contributed by atoms with van der Waals surface area (Å²) in [6.07, 6.45) is 7.20. The van der Waals surface area contributed by atoms with E-state index in [0.29, 0.717) is 40.9 Å². The number of aromatic nitrogens is 3. The number of aryl methyl sites for hydroxylation is 1. The van der Waals surface area contributed by atoms with Crippen LogP contribution in [0.5, 0.6) is 5.75 Å². The predicted molar refractivity (Wildman–Crippen MR) is 159 cm³/mol. The first-order valence-electron chi connectivity index (χ1n) is 15.0. The van der Waals surface area contributed by atoms with Gasteiger partial charge in [0, 0.05) is 5.41 Å². The minimum atomic E-state index is -0.486. The summed E-state index contributed by atoms with van der Waals surface area (Å²) in [6.45, 7) is 9.71. The van der Waals surface area contributed by atoms with Crippen molar-refractivity contribution in [1.82, 2.24) is 15.0 Å². The van der Waals surface area contributed by atoms with Crippen LogP contribution >= 0.6 is 0 Å². The van der Waals surface area contributed by atoms with Crippen LogP contribution in [-0.4, -0.2) is 27.6 Å². The number of benzene rings is 2. The molecule has 8 nitrogen and oxygen atoms in total. The van der Waals surface area contributed by atoms with Gasteiger partial charge in [0.05, 0.1) is 24.3 Å². The number of hydrogen-bond donors (Lipinski definition) is 0. The van der Waals surface area contributed by atoms with Crippen molar-refractivity contribution in [1.29, 1.82) is 0 Å². The van der Waals surface area contributed by atoms with Crippen molar-refractivity contribution in [3.63, 3.8) is 0 Å². The normalized spacial score (nSPS) is 23.4. The molecule has 6 rings (SSSR count). The van der Waals surface area contributed by atoms with Gasteiger partial charge in [-0.15, -0.1) is 5.10 Å². The molecule has 8 heteroatoms. The van der Waals surface area contributed by atoms with Gasteiger partial charge in [0.2, 0.25) is 0 Å². The molecular weight excluding hydrogens is 530 g/mol. The molecule has 0 bridgehead atoms. The number of ether oxygens (including phenoxy) is 2. The second-order valence-electron chi connectivity index (χ2n) is 12.9. The predicted octanol–water partition coefficient (Wildman–Crippen LogP) is 6.34.